The van der Waals surface area contributed by atoms with Gasteiger partial charge in [-0.3, -0.25) is 9.69 Å². The van der Waals surface area contributed by atoms with Crippen LogP contribution in [0, 0.1) is 5.92 Å². The maximum Gasteiger partial charge on any atom is 0.267 e. The zero-order valence-electron chi connectivity index (χ0n) is 23.8. The third kappa shape index (κ3) is 6.56. The van der Waals surface area contributed by atoms with E-state index in [1.54, 1.807) is 6.26 Å². The number of rotatable bonds is 8. The summed E-state index contributed by atoms with van der Waals surface area (Å²) in [4.78, 5) is 21.5. The molecule has 1 amide bonds. The van der Waals surface area contributed by atoms with E-state index in [9.17, 15) is 9.90 Å². The van der Waals surface area contributed by atoms with E-state index >= 15 is 0 Å². The van der Waals surface area contributed by atoms with Gasteiger partial charge in [0.05, 0.1) is 12.4 Å². The van der Waals surface area contributed by atoms with Gasteiger partial charge in [-0.2, -0.15) is 0 Å². The van der Waals surface area contributed by atoms with Crippen LogP contribution < -0.4 is 10.1 Å². The van der Waals surface area contributed by atoms with Crippen LogP contribution in [0.15, 0.2) is 59.2 Å². The molecule has 6 rings (SSSR count). The first-order chi connectivity index (χ1) is 19.4. The molecule has 0 saturated carbocycles. The Morgan fingerprint density at radius 3 is 2.73 bits per heavy atom. The number of carbonyl (C=O) groups excluding carboxylic acids is 1. The minimum atomic E-state index is -0.165. The van der Waals surface area contributed by atoms with Gasteiger partial charge in [-0.1, -0.05) is 31.2 Å². The number of amides is 1. The Kier molecular flexibility index (Phi) is 9.24. The van der Waals surface area contributed by atoms with Crippen LogP contribution in [0.4, 0.5) is 0 Å². The minimum absolute atomic E-state index is 0. The molecule has 4 heterocycles. The lowest BCUT2D eigenvalue weighted by Gasteiger charge is -2.41. The van der Waals surface area contributed by atoms with Gasteiger partial charge in [0.15, 0.2) is 0 Å². The first kappa shape index (κ1) is 29.5. The topological polar surface area (TPSA) is 94.0 Å². The summed E-state index contributed by atoms with van der Waals surface area (Å²) >= 11 is 0. The number of carbonyl (C=O) groups is 1. The highest BCUT2D eigenvalue weighted by molar-refractivity contribution is 5.99. The molecule has 2 aromatic heterocycles. The predicted molar refractivity (Wildman–Crippen MR) is 164 cm³/mol. The summed E-state index contributed by atoms with van der Waals surface area (Å²) in [6, 6.07) is 16.3. The molecule has 0 spiro atoms. The van der Waals surface area contributed by atoms with Crippen molar-refractivity contribution in [3.63, 3.8) is 0 Å². The van der Waals surface area contributed by atoms with Gasteiger partial charge in [-0.05, 0) is 56.4 Å². The highest BCUT2D eigenvalue weighted by Gasteiger charge is 2.29. The average molecular weight is 581 g/mol. The minimum Gasteiger partial charge on any atom is -0.488 e. The van der Waals surface area contributed by atoms with Gasteiger partial charge < -0.3 is 29.5 Å². The molecular formula is C32H41ClN4O4. The molecule has 9 heteroatoms. The number of nitrogens with zero attached hydrogens (tertiary/aromatic N) is 2. The molecular weight excluding hydrogens is 540 g/mol. The van der Waals surface area contributed by atoms with Crippen LogP contribution in [-0.2, 0) is 6.61 Å². The molecule has 0 aliphatic carbocycles. The van der Waals surface area contributed by atoms with Crippen LogP contribution >= 0.6 is 12.4 Å². The number of ether oxygens (including phenoxy) is 1. The second-order valence-corrected chi connectivity index (χ2v) is 11.7. The van der Waals surface area contributed by atoms with Gasteiger partial charge in [0.2, 0.25) is 0 Å². The number of aliphatic hydroxyl groups excluding tert-OH is 1. The van der Waals surface area contributed by atoms with E-state index in [1.165, 1.54) is 0 Å². The lowest BCUT2D eigenvalue weighted by atomic mass is 9.95. The Hall–Kier alpha value is -3.04. The van der Waals surface area contributed by atoms with E-state index in [4.69, 9.17) is 9.15 Å². The number of para-hydroxylation sites is 1. The first-order valence-corrected chi connectivity index (χ1v) is 14.6. The van der Waals surface area contributed by atoms with Crippen molar-refractivity contribution >= 4 is 40.2 Å². The first-order valence-electron chi connectivity index (χ1n) is 14.6. The third-order valence-corrected chi connectivity index (χ3v) is 8.77. The lowest BCUT2D eigenvalue weighted by molar-refractivity contribution is 0.0115. The standard InChI is InChI=1S/C32H40N4O4.ClH/c1-21-17-36(15-12-29(21)37)22(2)18-35-13-10-24(11-14-35)33-32(38)28-16-26-27(34-28)7-5-9-31(26)40-20-23-19-39-30-8-4-3-6-25(23)30;/h3-9,16,19,21-22,24,29,34,37H,10-15,17-18,20H2,1-2H3,(H,33,38);1H/t21-,22-,29-;/m0./s1. The highest BCUT2D eigenvalue weighted by Crippen LogP contribution is 2.29. The highest BCUT2D eigenvalue weighted by atomic mass is 35.5. The van der Waals surface area contributed by atoms with E-state index in [0.29, 0.717) is 24.3 Å². The molecule has 2 aromatic carbocycles. The lowest BCUT2D eigenvalue weighted by Crippen LogP contribution is -2.52. The molecule has 0 radical (unpaired) electrons. The van der Waals surface area contributed by atoms with Crippen LogP contribution in [0.3, 0.4) is 0 Å². The van der Waals surface area contributed by atoms with Crippen molar-refractivity contribution in [3.05, 3.63) is 66.1 Å². The SMILES string of the molecule is C[C@H]1CN([C@@H](C)CN2CCC(NC(=O)c3cc4c(OCc5coc6ccccc56)cccc4[nH]3)CC2)CC[C@@H]1O.Cl. The molecule has 3 N–H and O–H groups in total. The van der Waals surface area contributed by atoms with Crippen molar-refractivity contribution < 1.29 is 19.1 Å². The maximum absolute atomic E-state index is 13.2. The molecule has 8 nitrogen and oxygen atoms in total. The second-order valence-electron chi connectivity index (χ2n) is 11.7. The van der Waals surface area contributed by atoms with Crippen molar-refractivity contribution in [3.8, 4) is 5.75 Å². The fourth-order valence-corrected chi connectivity index (χ4v) is 6.25. The molecule has 0 bridgehead atoms. The largest absolute Gasteiger partial charge is 0.488 e. The van der Waals surface area contributed by atoms with Gasteiger partial charge >= 0.3 is 0 Å². The van der Waals surface area contributed by atoms with Gasteiger partial charge in [-0.15, -0.1) is 12.4 Å². The monoisotopic (exact) mass is 580 g/mol. The molecule has 2 saturated heterocycles. The molecule has 4 aromatic rings. The van der Waals surface area contributed by atoms with Crippen molar-refractivity contribution in [1.29, 1.82) is 0 Å². The predicted octanol–water partition coefficient (Wildman–Crippen LogP) is 5.20. The number of H-pyrrole nitrogens is 1. The number of benzene rings is 2. The Morgan fingerprint density at radius 2 is 1.93 bits per heavy atom. The van der Waals surface area contributed by atoms with Crippen molar-refractivity contribution in [2.45, 2.75) is 57.9 Å². The summed E-state index contributed by atoms with van der Waals surface area (Å²) in [6.45, 7) is 9.75. The Morgan fingerprint density at radius 1 is 1.12 bits per heavy atom. The normalized spacial score (nSPS) is 21.5. The molecule has 2 aliphatic heterocycles. The number of fused-ring (bicyclic) bond motifs is 2. The average Bonchev–Trinajstić information content (AvgIpc) is 3.59. The van der Waals surface area contributed by atoms with Gasteiger partial charge in [-0.25, -0.2) is 0 Å². The molecule has 220 valence electrons. The summed E-state index contributed by atoms with van der Waals surface area (Å²) in [5.41, 5.74) is 3.27. The van der Waals surface area contributed by atoms with Crippen LogP contribution in [0.2, 0.25) is 0 Å². The summed E-state index contributed by atoms with van der Waals surface area (Å²) in [6.07, 6.45) is 4.33. The number of halogens is 1. The van der Waals surface area contributed by atoms with Crippen molar-refractivity contribution in [2.24, 2.45) is 5.92 Å². The maximum atomic E-state index is 13.2. The zero-order chi connectivity index (χ0) is 27.6. The van der Waals surface area contributed by atoms with Crippen molar-refractivity contribution in [2.75, 3.05) is 32.7 Å². The van der Waals surface area contributed by atoms with E-state index in [0.717, 1.165) is 85.2 Å². The van der Waals surface area contributed by atoms with E-state index in [1.807, 2.05) is 48.5 Å². The number of likely N-dealkylation sites (tertiary alicyclic amines) is 2. The molecule has 2 fully saturated rings. The Balaban J connectivity index is 0.00000337. The van der Waals surface area contributed by atoms with Gasteiger partial charge in [0, 0.05) is 66.7 Å². The van der Waals surface area contributed by atoms with Gasteiger partial charge in [0.25, 0.3) is 5.91 Å². The van der Waals surface area contributed by atoms with Gasteiger partial charge in [0.1, 0.15) is 23.6 Å². The summed E-state index contributed by atoms with van der Waals surface area (Å²) in [5.74, 6) is 0.995. The molecule has 2 aliphatic rings. The Labute approximate surface area is 247 Å². The van der Waals surface area contributed by atoms with E-state index in [-0.39, 0.29) is 30.5 Å². The smallest absolute Gasteiger partial charge is 0.267 e. The number of furan rings is 1. The third-order valence-electron chi connectivity index (χ3n) is 8.77. The van der Waals surface area contributed by atoms with Crippen LogP contribution in [0.5, 0.6) is 5.75 Å². The second kappa shape index (κ2) is 12.9. The number of hydrogen-bond acceptors (Lipinski definition) is 6. The van der Waals surface area contributed by atoms with Crippen LogP contribution in [0.1, 0.15) is 49.2 Å². The molecule has 0 unspecified atom stereocenters. The van der Waals surface area contributed by atoms with E-state index < -0.39 is 0 Å². The molecule has 41 heavy (non-hydrogen) atoms. The molecule has 3 atom stereocenters. The Bertz CT molecular complexity index is 1460. The number of nitrogens with one attached hydrogen (secondary N) is 2. The fourth-order valence-electron chi connectivity index (χ4n) is 6.25. The van der Waals surface area contributed by atoms with E-state index in [2.05, 4.69) is 33.9 Å². The number of aromatic nitrogens is 1. The summed E-state index contributed by atoms with van der Waals surface area (Å²) in [5, 5.41) is 15.2. The van der Waals surface area contributed by atoms with Crippen LogP contribution in [0.25, 0.3) is 21.9 Å². The fraction of sp³-hybridized carbons (Fsp3) is 0.469. The quantitative estimate of drug-likeness (QED) is 0.265. The number of piperidine rings is 2. The zero-order valence-corrected chi connectivity index (χ0v) is 24.7. The summed E-state index contributed by atoms with van der Waals surface area (Å²) in [7, 11) is 0. The number of aliphatic hydroxyl groups is 1. The van der Waals surface area contributed by atoms with Crippen LogP contribution in [-0.4, -0.2) is 76.7 Å². The summed E-state index contributed by atoms with van der Waals surface area (Å²) < 4.78 is 11.8. The number of hydrogen-bond donors (Lipinski definition) is 3. The van der Waals surface area contributed by atoms with Crippen molar-refractivity contribution in [1.82, 2.24) is 20.1 Å². The number of aromatic amines is 1.